The molecule has 2 aromatic carbocycles. The Morgan fingerprint density at radius 3 is 2.59 bits per heavy atom. The number of piperidine rings is 1. The topological polar surface area (TPSA) is 102 Å². The van der Waals surface area contributed by atoms with Gasteiger partial charge in [-0.15, -0.1) is 0 Å². The van der Waals surface area contributed by atoms with E-state index in [0.717, 1.165) is 28.9 Å². The van der Waals surface area contributed by atoms with Gasteiger partial charge in [-0.1, -0.05) is 42.5 Å². The van der Waals surface area contributed by atoms with Crippen LogP contribution in [0.25, 0.3) is 0 Å². The number of aryl methyl sites for hydroxylation is 1. The quantitative estimate of drug-likeness (QED) is 0.598. The molecule has 2 atom stereocenters. The van der Waals surface area contributed by atoms with E-state index in [2.05, 4.69) is 5.32 Å². The van der Waals surface area contributed by atoms with Crippen LogP contribution >= 0.6 is 0 Å². The highest BCUT2D eigenvalue weighted by Crippen LogP contribution is 2.28. The molecule has 2 unspecified atom stereocenters. The Morgan fingerprint density at radius 2 is 1.90 bits per heavy atom. The summed E-state index contributed by atoms with van der Waals surface area (Å²) in [7, 11) is 0. The number of anilines is 1. The SMILES string of the molecule is Cc1cccc(N(CC(=O)OC(=O)C2NCCCC2c2ccccc2)C(N)=O)c1. The van der Waals surface area contributed by atoms with Gasteiger partial charge in [-0.2, -0.15) is 0 Å². The van der Waals surface area contributed by atoms with E-state index in [1.54, 1.807) is 18.2 Å². The number of nitrogens with zero attached hydrogens (tertiary/aromatic N) is 1. The number of esters is 2. The molecule has 2 aromatic rings. The molecule has 1 aliphatic heterocycles. The number of nitrogens with one attached hydrogen (secondary N) is 1. The highest BCUT2D eigenvalue weighted by Gasteiger charge is 2.34. The standard InChI is InChI=1S/C22H25N3O4/c1-15-7-5-10-17(13-15)25(22(23)28)14-19(26)29-21(27)20-18(11-6-12-24-20)16-8-3-2-4-9-16/h2-5,7-10,13,18,20,24H,6,11-12,14H2,1H3,(H2,23,28). The van der Waals surface area contributed by atoms with Crippen molar-refractivity contribution in [2.75, 3.05) is 18.0 Å². The molecule has 152 valence electrons. The molecule has 0 spiro atoms. The lowest BCUT2D eigenvalue weighted by Gasteiger charge is -2.31. The predicted molar refractivity (Wildman–Crippen MR) is 109 cm³/mol. The normalized spacial score (nSPS) is 18.7. The summed E-state index contributed by atoms with van der Waals surface area (Å²) in [4.78, 5) is 38.0. The Hall–Kier alpha value is -3.19. The lowest BCUT2D eigenvalue weighted by atomic mass is 9.85. The molecular formula is C22H25N3O4. The van der Waals surface area contributed by atoms with Crippen molar-refractivity contribution in [3.8, 4) is 0 Å². The molecule has 1 fully saturated rings. The first-order valence-corrected chi connectivity index (χ1v) is 9.62. The lowest BCUT2D eigenvalue weighted by molar-refractivity contribution is -0.160. The molecule has 0 aliphatic carbocycles. The Labute approximate surface area is 169 Å². The van der Waals surface area contributed by atoms with Crippen LogP contribution in [0.15, 0.2) is 54.6 Å². The van der Waals surface area contributed by atoms with Gasteiger partial charge in [0.05, 0.1) is 0 Å². The van der Waals surface area contributed by atoms with Crippen LogP contribution in [0.4, 0.5) is 10.5 Å². The molecule has 7 nitrogen and oxygen atoms in total. The molecule has 1 heterocycles. The molecule has 1 aliphatic rings. The van der Waals surface area contributed by atoms with Gasteiger partial charge in [0.1, 0.15) is 12.6 Å². The van der Waals surface area contributed by atoms with E-state index in [0.29, 0.717) is 12.2 Å². The lowest BCUT2D eigenvalue weighted by Crippen LogP contribution is -2.48. The van der Waals surface area contributed by atoms with Crippen LogP contribution in [0.1, 0.15) is 29.9 Å². The van der Waals surface area contributed by atoms with Crippen LogP contribution in [0, 0.1) is 6.92 Å². The number of hydrogen-bond donors (Lipinski definition) is 2. The second-order valence-electron chi connectivity index (χ2n) is 7.15. The summed E-state index contributed by atoms with van der Waals surface area (Å²) in [5.74, 6) is -1.54. The monoisotopic (exact) mass is 395 g/mol. The van der Waals surface area contributed by atoms with Gasteiger partial charge in [0.25, 0.3) is 0 Å². The minimum Gasteiger partial charge on any atom is -0.391 e. The van der Waals surface area contributed by atoms with Crippen LogP contribution < -0.4 is 16.0 Å². The maximum atomic E-state index is 12.7. The zero-order valence-corrected chi connectivity index (χ0v) is 16.3. The largest absolute Gasteiger partial charge is 0.391 e. The zero-order valence-electron chi connectivity index (χ0n) is 16.3. The summed E-state index contributed by atoms with van der Waals surface area (Å²) in [5, 5.41) is 3.16. The minimum atomic E-state index is -0.825. The van der Waals surface area contributed by atoms with Crippen molar-refractivity contribution in [1.29, 1.82) is 0 Å². The van der Waals surface area contributed by atoms with Crippen molar-refractivity contribution in [3.05, 3.63) is 65.7 Å². The molecule has 2 amide bonds. The molecule has 29 heavy (non-hydrogen) atoms. The average Bonchev–Trinajstić information content (AvgIpc) is 2.72. The first-order chi connectivity index (χ1) is 14.0. The van der Waals surface area contributed by atoms with Crippen LogP contribution in [0.5, 0.6) is 0 Å². The van der Waals surface area contributed by atoms with Crippen molar-refractivity contribution in [2.24, 2.45) is 5.73 Å². The molecule has 0 saturated carbocycles. The van der Waals surface area contributed by atoms with Gasteiger partial charge in [0, 0.05) is 11.6 Å². The van der Waals surface area contributed by atoms with Crippen LogP contribution in [-0.2, 0) is 14.3 Å². The summed E-state index contributed by atoms with van der Waals surface area (Å²) in [5.41, 5.74) is 7.83. The van der Waals surface area contributed by atoms with Gasteiger partial charge in [0.15, 0.2) is 0 Å². The summed E-state index contributed by atoms with van der Waals surface area (Å²) < 4.78 is 5.08. The Bertz CT molecular complexity index is 885. The van der Waals surface area contributed by atoms with Crippen LogP contribution in [0.2, 0.25) is 0 Å². The van der Waals surface area contributed by atoms with E-state index in [9.17, 15) is 14.4 Å². The Balaban J connectivity index is 1.68. The van der Waals surface area contributed by atoms with E-state index >= 15 is 0 Å². The number of nitrogens with two attached hydrogens (primary N) is 1. The van der Waals surface area contributed by atoms with Gasteiger partial charge in [-0.25, -0.2) is 14.4 Å². The number of ether oxygens (including phenoxy) is 1. The van der Waals surface area contributed by atoms with E-state index in [-0.39, 0.29) is 5.92 Å². The molecule has 3 N–H and O–H groups in total. The summed E-state index contributed by atoms with van der Waals surface area (Å²) >= 11 is 0. The first-order valence-electron chi connectivity index (χ1n) is 9.62. The van der Waals surface area contributed by atoms with E-state index in [1.807, 2.05) is 43.3 Å². The minimum absolute atomic E-state index is 0.0748. The highest BCUT2D eigenvalue weighted by molar-refractivity contribution is 5.98. The molecule has 3 rings (SSSR count). The summed E-state index contributed by atoms with van der Waals surface area (Å²) in [6.45, 7) is 2.10. The number of rotatable bonds is 5. The van der Waals surface area contributed by atoms with Gasteiger partial charge in [0.2, 0.25) is 0 Å². The van der Waals surface area contributed by atoms with E-state index < -0.39 is 30.6 Å². The smallest absolute Gasteiger partial charge is 0.333 e. The van der Waals surface area contributed by atoms with Crippen molar-refractivity contribution >= 4 is 23.7 Å². The third-order valence-corrected chi connectivity index (χ3v) is 5.02. The Kier molecular flexibility index (Phi) is 6.61. The van der Waals surface area contributed by atoms with Gasteiger partial charge < -0.3 is 15.8 Å². The third kappa shape index (κ3) is 5.20. The Morgan fingerprint density at radius 1 is 1.14 bits per heavy atom. The number of hydrogen-bond acceptors (Lipinski definition) is 5. The van der Waals surface area contributed by atoms with Gasteiger partial charge in [-0.05, 0) is 49.6 Å². The maximum Gasteiger partial charge on any atom is 0.333 e. The number of carbonyl (C=O) groups excluding carboxylic acids is 3. The fourth-order valence-electron chi connectivity index (χ4n) is 3.62. The number of primary amides is 1. The molecule has 1 saturated heterocycles. The average molecular weight is 395 g/mol. The summed E-state index contributed by atoms with van der Waals surface area (Å²) in [6, 6.07) is 15.3. The number of amides is 2. The van der Waals surface area contributed by atoms with Gasteiger partial charge in [-0.3, -0.25) is 4.90 Å². The maximum absolute atomic E-state index is 12.7. The van der Waals surface area contributed by atoms with Gasteiger partial charge >= 0.3 is 18.0 Å². The van der Waals surface area contributed by atoms with Crippen LogP contribution in [0.3, 0.4) is 0 Å². The van der Waals surface area contributed by atoms with Crippen molar-refractivity contribution in [1.82, 2.24) is 5.32 Å². The molecular weight excluding hydrogens is 370 g/mol. The number of benzene rings is 2. The molecule has 0 bridgehead atoms. The highest BCUT2D eigenvalue weighted by atomic mass is 16.6. The van der Waals surface area contributed by atoms with Crippen LogP contribution in [-0.4, -0.2) is 37.1 Å². The summed E-state index contributed by atoms with van der Waals surface area (Å²) in [6.07, 6.45) is 1.75. The second-order valence-corrected chi connectivity index (χ2v) is 7.15. The van der Waals surface area contributed by atoms with Crippen molar-refractivity contribution in [2.45, 2.75) is 31.7 Å². The fraction of sp³-hybridized carbons (Fsp3) is 0.318. The van der Waals surface area contributed by atoms with E-state index in [1.165, 1.54) is 0 Å². The zero-order chi connectivity index (χ0) is 20.8. The van der Waals surface area contributed by atoms with Crippen molar-refractivity contribution in [3.63, 3.8) is 0 Å². The molecule has 7 heteroatoms. The number of carbonyl (C=O) groups is 3. The fourth-order valence-corrected chi connectivity index (χ4v) is 3.62. The number of urea groups is 1. The molecule has 0 radical (unpaired) electrons. The predicted octanol–water partition coefficient (Wildman–Crippen LogP) is 2.49. The van der Waals surface area contributed by atoms with E-state index in [4.69, 9.17) is 10.5 Å². The third-order valence-electron chi connectivity index (χ3n) is 5.02. The second kappa shape index (κ2) is 9.34. The first kappa shape index (κ1) is 20.5. The van der Waals surface area contributed by atoms with Crippen molar-refractivity contribution < 1.29 is 19.1 Å². The molecule has 0 aromatic heterocycles.